The molecule has 3 N–H and O–H groups in total. The van der Waals surface area contributed by atoms with E-state index in [1.807, 2.05) is 6.92 Å². The van der Waals surface area contributed by atoms with Gasteiger partial charge in [-0.3, -0.25) is 4.79 Å². The summed E-state index contributed by atoms with van der Waals surface area (Å²) < 4.78 is 0. The van der Waals surface area contributed by atoms with Crippen molar-refractivity contribution in [1.29, 1.82) is 0 Å². The SMILES string of the molecule is CCNC1(C(N)=O)CCC(C(C)C)CC1. The van der Waals surface area contributed by atoms with Crippen LogP contribution in [0.25, 0.3) is 0 Å². The van der Waals surface area contributed by atoms with Gasteiger partial charge < -0.3 is 11.1 Å². The van der Waals surface area contributed by atoms with Gasteiger partial charge in [0.2, 0.25) is 5.91 Å². The van der Waals surface area contributed by atoms with Crippen LogP contribution in [-0.2, 0) is 4.79 Å². The lowest BCUT2D eigenvalue weighted by Crippen LogP contribution is -2.57. The minimum absolute atomic E-state index is 0.174. The van der Waals surface area contributed by atoms with Gasteiger partial charge in [0, 0.05) is 0 Å². The van der Waals surface area contributed by atoms with Crippen molar-refractivity contribution < 1.29 is 4.79 Å². The first-order valence-corrected chi connectivity index (χ1v) is 6.07. The largest absolute Gasteiger partial charge is 0.368 e. The molecule has 0 saturated heterocycles. The summed E-state index contributed by atoms with van der Waals surface area (Å²) in [4.78, 5) is 11.5. The standard InChI is InChI=1S/C12H24N2O/c1-4-14-12(11(13)15)7-5-10(6-8-12)9(2)3/h9-10,14H,4-8H2,1-3H3,(H2,13,15). The van der Waals surface area contributed by atoms with Crippen molar-refractivity contribution in [3.63, 3.8) is 0 Å². The van der Waals surface area contributed by atoms with Crippen molar-refractivity contribution >= 4 is 5.91 Å². The van der Waals surface area contributed by atoms with Gasteiger partial charge in [-0.1, -0.05) is 20.8 Å². The number of amides is 1. The van der Waals surface area contributed by atoms with Gasteiger partial charge in [0.1, 0.15) is 0 Å². The smallest absolute Gasteiger partial charge is 0.237 e. The normalized spacial score (nSPS) is 31.9. The molecule has 0 spiro atoms. The number of nitrogens with one attached hydrogen (secondary N) is 1. The summed E-state index contributed by atoms with van der Waals surface area (Å²) in [6, 6.07) is 0. The van der Waals surface area contributed by atoms with E-state index in [2.05, 4.69) is 19.2 Å². The van der Waals surface area contributed by atoms with Crippen LogP contribution in [0.15, 0.2) is 0 Å². The zero-order valence-corrected chi connectivity index (χ0v) is 10.2. The van der Waals surface area contributed by atoms with Crippen LogP contribution < -0.4 is 11.1 Å². The summed E-state index contributed by atoms with van der Waals surface area (Å²) in [5.74, 6) is 1.31. The number of likely N-dealkylation sites (N-methyl/N-ethyl adjacent to an activating group) is 1. The fraction of sp³-hybridized carbons (Fsp3) is 0.917. The second-order valence-corrected chi connectivity index (χ2v) is 5.06. The summed E-state index contributed by atoms with van der Waals surface area (Å²) in [5, 5.41) is 3.28. The van der Waals surface area contributed by atoms with Crippen molar-refractivity contribution in [2.75, 3.05) is 6.54 Å². The third-order valence-corrected chi connectivity index (χ3v) is 3.81. The van der Waals surface area contributed by atoms with E-state index in [0.29, 0.717) is 0 Å². The van der Waals surface area contributed by atoms with E-state index < -0.39 is 5.54 Å². The summed E-state index contributed by atoms with van der Waals surface area (Å²) in [5.41, 5.74) is 5.09. The monoisotopic (exact) mass is 212 g/mol. The number of primary amides is 1. The molecular weight excluding hydrogens is 188 g/mol. The van der Waals surface area contributed by atoms with Gasteiger partial charge >= 0.3 is 0 Å². The van der Waals surface area contributed by atoms with Gasteiger partial charge in [-0.05, 0) is 44.1 Å². The molecule has 0 aromatic heterocycles. The molecule has 1 aliphatic carbocycles. The van der Waals surface area contributed by atoms with Crippen LogP contribution in [0.5, 0.6) is 0 Å². The Kier molecular flexibility index (Phi) is 4.14. The topological polar surface area (TPSA) is 55.1 Å². The minimum atomic E-state index is -0.417. The second kappa shape index (κ2) is 4.97. The highest BCUT2D eigenvalue weighted by Gasteiger charge is 2.39. The molecule has 0 heterocycles. The number of carbonyl (C=O) groups excluding carboxylic acids is 1. The Balaban J connectivity index is 2.61. The van der Waals surface area contributed by atoms with Crippen molar-refractivity contribution in [3.8, 4) is 0 Å². The molecule has 0 aromatic rings. The van der Waals surface area contributed by atoms with Crippen LogP contribution in [0, 0.1) is 11.8 Å². The van der Waals surface area contributed by atoms with Crippen molar-refractivity contribution in [3.05, 3.63) is 0 Å². The van der Waals surface area contributed by atoms with Gasteiger partial charge in [0.15, 0.2) is 0 Å². The zero-order chi connectivity index (χ0) is 11.5. The Morgan fingerprint density at radius 3 is 2.33 bits per heavy atom. The predicted molar refractivity (Wildman–Crippen MR) is 62.4 cm³/mol. The maximum absolute atomic E-state index is 11.5. The Labute approximate surface area is 92.8 Å². The number of carbonyl (C=O) groups is 1. The molecule has 1 fully saturated rings. The molecule has 0 unspecified atom stereocenters. The van der Waals surface area contributed by atoms with E-state index in [9.17, 15) is 4.79 Å². The van der Waals surface area contributed by atoms with Crippen molar-refractivity contribution in [1.82, 2.24) is 5.32 Å². The highest BCUT2D eigenvalue weighted by molar-refractivity contribution is 5.84. The zero-order valence-electron chi connectivity index (χ0n) is 10.2. The van der Waals surface area contributed by atoms with Crippen LogP contribution in [0.3, 0.4) is 0 Å². The lowest BCUT2D eigenvalue weighted by Gasteiger charge is -2.39. The van der Waals surface area contributed by atoms with Gasteiger partial charge in [0.25, 0.3) is 0 Å². The van der Waals surface area contributed by atoms with Gasteiger partial charge in [0.05, 0.1) is 5.54 Å². The summed E-state index contributed by atoms with van der Waals surface area (Å²) in [6.07, 6.45) is 4.04. The van der Waals surface area contributed by atoms with Crippen molar-refractivity contribution in [2.45, 2.75) is 52.0 Å². The maximum Gasteiger partial charge on any atom is 0.237 e. The number of hydrogen-bond acceptors (Lipinski definition) is 2. The van der Waals surface area contributed by atoms with Crippen LogP contribution in [0.2, 0.25) is 0 Å². The van der Waals surface area contributed by atoms with Gasteiger partial charge in [-0.25, -0.2) is 0 Å². The lowest BCUT2D eigenvalue weighted by atomic mass is 9.72. The van der Waals surface area contributed by atoms with Crippen LogP contribution in [0.1, 0.15) is 46.5 Å². The Morgan fingerprint density at radius 2 is 2.00 bits per heavy atom. The molecule has 0 radical (unpaired) electrons. The third-order valence-electron chi connectivity index (χ3n) is 3.81. The molecule has 15 heavy (non-hydrogen) atoms. The number of rotatable bonds is 4. The molecule has 0 bridgehead atoms. The molecule has 1 aliphatic rings. The van der Waals surface area contributed by atoms with Gasteiger partial charge in [-0.15, -0.1) is 0 Å². The average molecular weight is 212 g/mol. The maximum atomic E-state index is 11.5. The van der Waals surface area contributed by atoms with Gasteiger partial charge in [-0.2, -0.15) is 0 Å². The first-order valence-electron chi connectivity index (χ1n) is 6.07. The second-order valence-electron chi connectivity index (χ2n) is 5.06. The number of hydrogen-bond donors (Lipinski definition) is 2. The highest BCUT2D eigenvalue weighted by Crippen LogP contribution is 2.35. The predicted octanol–water partition coefficient (Wildman–Crippen LogP) is 1.67. The Bertz CT molecular complexity index is 218. The van der Waals surface area contributed by atoms with E-state index in [1.165, 1.54) is 0 Å². The first-order chi connectivity index (χ1) is 7.02. The third kappa shape index (κ3) is 2.71. The molecule has 1 amide bonds. The van der Waals surface area contributed by atoms with E-state index in [-0.39, 0.29) is 5.91 Å². The van der Waals surface area contributed by atoms with E-state index in [1.54, 1.807) is 0 Å². The fourth-order valence-corrected chi connectivity index (χ4v) is 2.65. The lowest BCUT2D eigenvalue weighted by molar-refractivity contribution is -0.126. The summed E-state index contributed by atoms with van der Waals surface area (Å²) in [7, 11) is 0. The molecular formula is C12H24N2O. The van der Waals surface area contributed by atoms with Crippen LogP contribution in [-0.4, -0.2) is 18.0 Å². The highest BCUT2D eigenvalue weighted by atomic mass is 16.1. The van der Waals surface area contributed by atoms with E-state index in [0.717, 1.165) is 44.1 Å². The Morgan fingerprint density at radius 1 is 1.47 bits per heavy atom. The fourth-order valence-electron chi connectivity index (χ4n) is 2.65. The van der Waals surface area contributed by atoms with Crippen LogP contribution >= 0.6 is 0 Å². The summed E-state index contributed by atoms with van der Waals surface area (Å²) >= 11 is 0. The molecule has 1 rings (SSSR count). The average Bonchev–Trinajstić information content (AvgIpc) is 2.18. The first kappa shape index (κ1) is 12.5. The Hall–Kier alpha value is -0.570. The molecule has 3 heteroatoms. The van der Waals surface area contributed by atoms with E-state index in [4.69, 9.17) is 5.73 Å². The van der Waals surface area contributed by atoms with Crippen LogP contribution in [0.4, 0.5) is 0 Å². The molecule has 3 nitrogen and oxygen atoms in total. The quantitative estimate of drug-likeness (QED) is 0.744. The molecule has 0 atom stereocenters. The molecule has 0 aliphatic heterocycles. The van der Waals surface area contributed by atoms with E-state index >= 15 is 0 Å². The molecule has 88 valence electrons. The van der Waals surface area contributed by atoms with Crippen molar-refractivity contribution in [2.24, 2.45) is 17.6 Å². The molecule has 0 aromatic carbocycles. The summed E-state index contributed by atoms with van der Waals surface area (Å²) in [6.45, 7) is 7.36. The number of nitrogens with two attached hydrogens (primary N) is 1. The minimum Gasteiger partial charge on any atom is -0.368 e. The molecule has 1 saturated carbocycles.